The first-order chi connectivity index (χ1) is 13.2. The van der Waals surface area contributed by atoms with E-state index < -0.39 is 0 Å². The van der Waals surface area contributed by atoms with Crippen molar-refractivity contribution in [3.05, 3.63) is 54.1 Å². The van der Waals surface area contributed by atoms with Crippen molar-refractivity contribution in [3.8, 4) is 0 Å². The molecule has 0 spiro atoms. The molecule has 4 bridgehead atoms. The van der Waals surface area contributed by atoms with Gasteiger partial charge in [0.15, 0.2) is 0 Å². The summed E-state index contributed by atoms with van der Waals surface area (Å²) in [5.74, 6) is 2.51. The zero-order chi connectivity index (χ0) is 18.2. The fraction of sp³-hybridized carbons (Fsp3) is 0.500. The summed E-state index contributed by atoms with van der Waals surface area (Å²) in [7, 11) is 0. The Bertz CT molecular complexity index is 810. The van der Waals surface area contributed by atoms with Crippen molar-refractivity contribution >= 4 is 11.6 Å². The molecule has 4 heterocycles. The van der Waals surface area contributed by atoms with Crippen LogP contribution in [0.3, 0.4) is 0 Å². The molecule has 0 aromatic carbocycles. The minimum Gasteiger partial charge on any atom is -0.368 e. The molecule has 2 unspecified atom stereocenters. The highest BCUT2D eigenvalue weighted by atomic mass is 16.1. The highest BCUT2D eigenvalue weighted by molar-refractivity contribution is 5.93. The summed E-state index contributed by atoms with van der Waals surface area (Å²) in [5.41, 5.74) is 2.50. The number of rotatable bonds is 4. The Morgan fingerprint density at radius 3 is 2.59 bits per heavy atom. The summed E-state index contributed by atoms with van der Waals surface area (Å²) in [6.07, 6.45) is 10.4. The Kier molecular flexibility index (Phi) is 4.30. The maximum Gasteiger partial charge on any atom is 0.270 e. The monoisotopic (exact) mass is 362 g/mol. The second kappa shape index (κ2) is 6.95. The first-order valence-electron chi connectivity index (χ1n) is 10.2. The van der Waals surface area contributed by atoms with Gasteiger partial charge in [-0.25, -0.2) is 0 Å². The molecular formula is C22H26N4O. The lowest BCUT2D eigenvalue weighted by molar-refractivity contribution is 0.0945. The molecule has 2 saturated carbocycles. The van der Waals surface area contributed by atoms with Gasteiger partial charge in [0, 0.05) is 30.7 Å². The van der Waals surface area contributed by atoms with Crippen molar-refractivity contribution in [1.29, 1.82) is 0 Å². The van der Waals surface area contributed by atoms with Crippen LogP contribution in [0.4, 0.5) is 5.69 Å². The maximum atomic E-state index is 12.6. The molecule has 2 aliphatic heterocycles. The van der Waals surface area contributed by atoms with E-state index in [4.69, 9.17) is 0 Å². The van der Waals surface area contributed by atoms with Crippen molar-refractivity contribution in [3.63, 3.8) is 0 Å². The first kappa shape index (κ1) is 16.7. The Morgan fingerprint density at radius 1 is 1.00 bits per heavy atom. The van der Waals surface area contributed by atoms with Crippen molar-refractivity contribution in [2.75, 3.05) is 11.4 Å². The Hall–Kier alpha value is -2.43. The van der Waals surface area contributed by atoms with Gasteiger partial charge in [-0.15, -0.1) is 0 Å². The summed E-state index contributed by atoms with van der Waals surface area (Å²) < 4.78 is 0. The van der Waals surface area contributed by atoms with Gasteiger partial charge in [0.05, 0.1) is 12.2 Å². The van der Waals surface area contributed by atoms with E-state index in [1.165, 1.54) is 32.1 Å². The number of carbonyl (C=O) groups is 1. The molecule has 140 valence electrons. The summed E-state index contributed by atoms with van der Waals surface area (Å²) in [6.45, 7) is 1.56. The number of aromatic nitrogens is 2. The number of hydrogen-bond donors (Lipinski definition) is 1. The van der Waals surface area contributed by atoms with E-state index in [1.807, 2.05) is 24.3 Å². The molecule has 2 aromatic rings. The van der Waals surface area contributed by atoms with Crippen LogP contribution in [-0.4, -0.2) is 28.5 Å². The quantitative estimate of drug-likeness (QED) is 0.905. The van der Waals surface area contributed by atoms with Crippen LogP contribution in [0.5, 0.6) is 0 Å². The highest BCUT2D eigenvalue weighted by Crippen LogP contribution is 2.48. The molecule has 2 aliphatic carbocycles. The number of pyridine rings is 2. The lowest BCUT2D eigenvalue weighted by Gasteiger charge is -2.39. The van der Waals surface area contributed by atoms with Gasteiger partial charge in [-0.05, 0) is 74.1 Å². The molecule has 27 heavy (non-hydrogen) atoms. The third-order valence-corrected chi connectivity index (χ3v) is 6.57. The van der Waals surface area contributed by atoms with Gasteiger partial charge in [-0.3, -0.25) is 14.8 Å². The molecule has 5 nitrogen and oxygen atoms in total. The number of amides is 1. The molecule has 6 rings (SSSR count). The van der Waals surface area contributed by atoms with Crippen LogP contribution in [0.1, 0.15) is 48.3 Å². The van der Waals surface area contributed by atoms with E-state index in [2.05, 4.69) is 26.3 Å². The van der Waals surface area contributed by atoms with Gasteiger partial charge < -0.3 is 10.2 Å². The molecule has 4 fully saturated rings. The normalized spacial score (nSPS) is 28.8. The Morgan fingerprint density at radius 2 is 1.81 bits per heavy atom. The molecular weight excluding hydrogens is 336 g/mol. The molecule has 1 N–H and O–H groups in total. The predicted molar refractivity (Wildman–Crippen MR) is 104 cm³/mol. The molecule has 2 aromatic heterocycles. The molecule has 4 atom stereocenters. The van der Waals surface area contributed by atoms with Crippen LogP contribution < -0.4 is 10.2 Å². The number of carbonyl (C=O) groups excluding carboxylic acids is 1. The predicted octanol–water partition coefficient (Wildman–Crippen LogP) is 3.42. The molecule has 0 radical (unpaired) electrons. The van der Waals surface area contributed by atoms with Gasteiger partial charge in [-0.1, -0.05) is 6.07 Å². The Labute approximate surface area is 160 Å². The lowest BCUT2D eigenvalue weighted by Crippen LogP contribution is -2.38. The van der Waals surface area contributed by atoms with Crippen LogP contribution >= 0.6 is 0 Å². The SMILES string of the molecule is O=C(NCc1ccccn1)c1cc(N2CC3C[C@@H]4CC2C[C@H](C3)C4)ccn1. The van der Waals surface area contributed by atoms with Crippen LogP contribution in [-0.2, 0) is 6.54 Å². The number of fused-ring (bicyclic) bond motifs is 1. The Balaban J connectivity index is 1.32. The van der Waals surface area contributed by atoms with Crippen molar-refractivity contribution in [2.24, 2.45) is 17.8 Å². The molecule has 4 aliphatic rings. The largest absolute Gasteiger partial charge is 0.368 e. The zero-order valence-corrected chi connectivity index (χ0v) is 15.6. The van der Waals surface area contributed by atoms with E-state index in [9.17, 15) is 4.79 Å². The fourth-order valence-electron chi connectivity index (χ4n) is 5.59. The van der Waals surface area contributed by atoms with Crippen molar-refractivity contribution in [1.82, 2.24) is 15.3 Å². The average molecular weight is 362 g/mol. The van der Waals surface area contributed by atoms with E-state index >= 15 is 0 Å². The van der Waals surface area contributed by atoms with E-state index in [-0.39, 0.29) is 5.91 Å². The third kappa shape index (κ3) is 3.43. The summed E-state index contributed by atoms with van der Waals surface area (Å²) in [5, 5.41) is 2.94. The topological polar surface area (TPSA) is 58.1 Å². The van der Waals surface area contributed by atoms with Crippen molar-refractivity contribution < 1.29 is 4.79 Å². The summed E-state index contributed by atoms with van der Waals surface area (Å²) in [6, 6.07) is 10.4. The lowest BCUT2D eigenvalue weighted by atomic mass is 9.68. The van der Waals surface area contributed by atoms with Crippen molar-refractivity contribution in [2.45, 2.75) is 44.7 Å². The van der Waals surface area contributed by atoms with E-state index in [0.29, 0.717) is 18.3 Å². The number of nitrogens with zero attached hydrogens (tertiary/aromatic N) is 3. The minimum atomic E-state index is -0.136. The number of anilines is 1. The third-order valence-electron chi connectivity index (χ3n) is 6.57. The van der Waals surface area contributed by atoms with Crippen LogP contribution in [0.2, 0.25) is 0 Å². The molecule has 2 saturated heterocycles. The first-order valence-corrected chi connectivity index (χ1v) is 10.2. The highest BCUT2D eigenvalue weighted by Gasteiger charge is 2.42. The van der Waals surface area contributed by atoms with Gasteiger partial charge in [0.25, 0.3) is 5.91 Å². The molecule has 1 amide bonds. The van der Waals surface area contributed by atoms with Crippen LogP contribution in [0.25, 0.3) is 0 Å². The maximum absolute atomic E-state index is 12.6. The molecule has 5 heteroatoms. The van der Waals surface area contributed by atoms with E-state index in [0.717, 1.165) is 35.7 Å². The smallest absolute Gasteiger partial charge is 0.270 e. The van der Waals surface area contributed by atoms with Gasteiger partial charge in [0.1, 0.15) is 5.69 Å². The minimum absolute atomic E-state index is 0.136. The van der Waals surface area contributed by atoms with Gasteiger partial charge in [-0.2, -0.15) is 0 Å². The number of hydrogen-bond acceptors (Lipinski definition) is 4. The second-order valence-corrected chi connectivity index (χ2v) is 8.49. The fourth-order valence-corrected chi connectivity index (χ4v) is 5.59. The van der Waals surface area contributed by atoms with Gasteiger partial charge in [0.2, 0.25) is 0 Å². The van der Waals surface area contributed by atoms with Crippen LogP contribution in [0.15, 0.2) is 42.7 Å². The summed E-state index contributed by atoms with van der Waals surface area (Å²) in [4.78, 5) is 23.7. The zero-order valence-electron chi connectivity index (χ0n) is 15.6. The standard InChI is InChI=1S/C22H26N4O/c27-22(25-13-18-3-1-2-5-23-18)21-12-19(4-6-24-21)26-14-17-8-15-7-16(9-17)11-20(26)10-15/h1-6,12,15-17,20H,7-11,13-14H2,(H,25,27)/t15-,16+,17?,20?. The average Bonchev–Trinajstić information content (AvgIpc) is 2.90. The number of nitrogens with one attached hydrogen (secondary N) is 1. The van der Waals surface area contributed by atoms with Gasteiger partial charge >= 0.3 is 0 Å². The summed E-state index contributed by atoms with van der Waals surface area (Å²) >= 11 is 0. The van der Waals surface area contributed by atoms with Crippen LogP contribution in [0, 0.1) is 17.8 Å². The van der Waals surface area contributed by atoms with E-state index in [1.54, 1.807) is 12.4 Å². The second-order valence-electron chi connectivity index (χ2n) is 8.49.